The number of nitrogens with zero attached hydrogens (tertiary/aromatic N) is 3. The first-order valence-electron chi connectivity index (χ1n) is 6.27. The summed E-state index contributed by atoms with van der Waals surface area (Å²) in [5, 5.41) is 17.5. The average molecular weight is 353 g/mol. The van der Waals surface area contributed by atoms with Gasteiger partial charge in [0.05, 0.1) is 15.6 Å². The van der Waals surface area contributed by atoms with E-state index in [2.05, 4.69) is 26.3 Å². The minimum atomic E-state index is -0.521. The van der Waals surface area contributed by atoms with Crippen molar-refractivity contribution in [3.8, 4) is 0 Å². The molecule has 0 bridgehead atoms. The summed E-state index contributed by atoms with van der Waals surface area (Å²) in [6.07, 6.45) is 4.26. The van der Waals surface area contributed by atoms with E-state index in [9.17, 15) is 14.9 Å². The predicted molar refractivity (Wildman–Crippen MR) is 80.0 cm³/mol. The number of hydrogen-bond acceptors (Lipinski definition) is 4. The van der Waals surface area contributed by atoms with E-state index < -0.39 is 4.92 Å². The first kappa shape index (κ1) is 15.2. The van der Waals surface area contributed by atoms with Crippen molar-refractivity contribution in [1.29, 1.82) is 0 Å². The summed E-state index contributed by atoms with van der Waals surface area (Å²) in [5.41, 5.74) is 0.190. The van der Waals surface area contributed by atoms with Crippen molar-refractivity contribution in [2.45, 2.75) is 13.0 Å². The number of aryl methyl sites for hydroxylation is 1. The summed E-state index contributed by atoms with van der Waals surface area (Å²) in [4.78, 5) is 22.0. The molecule has 21 heavy (non-hydrogen) atoms. The molecule has 2 rings (SSSR count). The number of aromatic nitrogens is 2. The minimum absolute atomic E-state index is 0.0935. The molecule has 0 fully saturated rings. The first-order valence-corrected chi connectivity index (χ1v) is 7.06. The molecule has 0 radical (unpaired) electrons. The number of non-ortho nitro benzene ring substituents is 1. The third-order valence-corrected chi connectivity index (χ3v) is 3.18. The number of hydrogen-bond donors (Lipinski definition) is 1. The second-order valence-corrected chi connectivity index (χ2v) is 5.25. The summed E-state index contributed by atoms with van der Waals surface area (Å²) in [5.74, 6) is -0.319. The van der Waals surface area contributed by atoms with Gasteiger partial charge in [0.15, 0.2) is 0 Å². The van der Waals surface area contributed by atoms with Gasteiger partial charge < -0.3 is 5.32 Å². The Hall–Kier alpha value is -2.22. The Morgan fingerprint density at radius 2 is 2.29 bits per heavy atom. The fourth-order valence-corrected chi connectivity index (χ4v) is 2.09. The van der Waals surface area contributed by atoms with Gasteiger partial charge in [-0.05, 0) is 28.4 Å². The average Bonchev–Trinajstić information content (AvgIpc) is 2.89. The van der Waals surface area contributed by atoms with Gasteiger partial charge in [0, 0.05) is 37.0 Å². The zero-order valence-corrected chi connectivity index (χ0v) is 12.6. The van der Waals surface area contributed by atoms with Gasteiger partial charge in [-0.2, -0.15) is 5.10 Å². The third-order valence-electron chi connectivity index (χ3n) is 2.77. The molecular formula is C13H13BrN4O3. The molecule has 0 saturated heterocycles. The Morgan fingerprint density at radius 3 is 2.95 bits per heavy atom. The zero-order chi connectivity index (χ0) is 15.2. The standard InChI is InChI=1S/C13H13BrN4O3/c14-11-8-16-17(9-11)6-2-5-15-13(19)10-3-1-4-12(7-10)18(20)21/h1,3-4,7-9H,2,5-6H2,(H,15,19). The summed E-state index contributed by atoms with van der Waals surface area (Å²) >= 11 is 3.31. The molecule has 110 valence electrons. The van der Waals surface area contributed by atoms with Crippen LogP contribution in [0.25, 0.3) is 0 Å². The maximum absolute atomic E-state index is 11.9. The van der Waals surface area contributed by atoms with Crippen molar-refractivity contribution in [3.05, 3.63) is 56.8 Å². The predicted octanol–water partition coefficient (Wildman–Crippen LogP) is 2.37. The molecule has 1 aromatic carbocycles. The van der Waals surface area contributed by atoms with Gasteiger partial charge in [0.2, 0.25) is 0 Å². The van der Waals surface area contributed by atoms with E-state index in [1.165, 1.54) is 18.2 Å². The van der Waals surface area contributed by atoms with Crippen LogP contribution in [0.4, 0.5) is 5.69 Å². The highest BCUT2D eigenvalue weighted by Gasteiger charge is 2.10. The van der Waals surface area contributed by atoms with Crippen molar-refractivity contribution in [3.63, 3.8) is 0 Å². The molecule has 1 heterocycles. The highest BCUT2D eigenvalue weighted by atomic mass is 79.9. The van der Waals surface area contributed by atoms with E-state index in [1.807, 2.05) is 6.20 Å². The maximum Gasteiger partial charge on any atom is 0.270 e. The second kappa shape index (κ2) is 6.98. The van der Waals surface area contributed by atoms with Crippen LogP contribution in [0.3, 0.4) is 0 Å². The molecule has 1 N–H and O–H groups in total. The summed E-state index contributed by atoms with van der Waals surface area (Å²) < 4.78 is 2.67. The van der Waals surface area contributed by atoms with Crippen molar-refractivity contribution >= 4 is 27.5 Å². The molecule has 0 aliphatic heterocycles. The van der Waals surface area contributed by atoms with Crippen LogP contribution in [-0.4, -0.2) is 27.2 Å². The molecule has 8 heteroatoms. The number of carbonyl (C=O) groups excluding carboxylic acids is 1. The molecule has 0 aliphatic carbocycles. The largest absolute Gasteiger partial charge is 0.352 e. The lowest BCUT2D eigenvalue weighted by atomic mass is 10.2. The summed E-state index contributed by atoms with van der Waals surface area (Å²) in [7, 11) is 0. The molecule has 0 atom stereocenters. The smallest absolute Gasteiger partial charge is 0.270 e. The molecule has 0 spiro atoms. The highest BCUT2D eigenvalue weighted by Crippen LogP contribution is 2.12. The molecular weight excluding hydrogens is 340 g/mol. The second-order valence-electron chi connectivity index (χ2n) is 4.34. The third kappa shape index (κ3) is 4.38. The van der Waals surface area contributed by atoms with Crippen LogP contribution in [0.15, 0.2) is 41.1 Å². The Bertz CT molecular complexity index is 656. The van der Waals surface area contributed by atoms with Gasteiger partial charge in [-0.15, -0.1) is 0 Å². The van der Waals surface area contributed by atoms with Crippen LogP contribution >= 0.6 is 15.9 Å². The topological polar surface area (TPSA) is 90.1 Å². The number of amides is 1. The number of nitro groups is 1. The fourth-order valence-electron chi connectivity index (χ4n) is 1.77. The highest BCUT2D eigenvalue weighted by molar-refractivity contribution is 9.10. The van der Waals surface area contributed by atoms with Crippen LogP contribution in [0, 0.1) is 10.1 Å². The number of benzene rings is 1. The van der Waals surface area contributed by atoms with E-state index >= 15 is 0 Å². The van der Waals surface area contributed by atoms with E-state index in [0.717, 1.165) is 10.9 Å². The minimum Gasteiger partial charge on any atom is -0.352 e. The first-order chi connectivity index (χ1) is 10.1. The van der Waals surface area contributed by atoms with E-state index in [0.29, 0.717) is 13.1 Å². The quantitative estimate of drug-likeness (QED) is 0.490. The lowest BCUT2D eigenvalue weighted by Gasteiger charge is -2.05. The van der Waals surface area contributed by atoms with Gasteiger partial charge in [0.1, 0.15) is 0 Å². The number of halogens is 1. The normalized spacial score (nSPS) is 10.3. The van der Waals surface area contributed by atoms with Crippen LogP contribution in [0.2, 0.25) is 0 Å². The van der Waals surface area contributed by atoms with Gasteiger partial charge in [-0.25, -0.2) is 0 Å². The van der Waals surface area contributed by atoms with Crippen molar-refractivity contribution in [2.75, 3.05) is 6.54 Å². The number of nitrogens with one attached hydrogen (secondary N) is 1. The van der Waals surface area contributed by atoms with Gasteiger partial charge in [-0.3, -0.25) is 19.6 Å². The number of nitro benzene ring substituents is 1. The molecule has 0 saturated carbocycles. The Morgan fingerprint density at radius 1 is 1.48 bits per heavy atom. The van der Waals surface area contributed by atoms with E-state index in [1.54, 1.807) is 16.9 Å². The van der Waals surface area contributed by atoms with Crippen LogP contribution in [0.5, 0.6) is 0 Å². The Kier molecular flexibility index (Phi) is 5.04. The SMILES string of the molecule is O=C(NCCCn1cc(Br)cn1)c1cccc([N+](=O)[O-])c1. The van der Waals surface area contributed by atoms with Gasteiger partial charge >= 0.3 is 0 Å². The van der Waals surface area contributed by atoms with Gasteiger partial charge in [0.25, 0.3) is 11.6 Å². The van der Waals surface area contributed by atoms with Gasteiger partial charge in [-0.1, -0.05) is 6.07 Å². The van der Waals surface area contributed by atoms with Crippen molar-refractivity contribution in [1.82, 2.24) is 15.1 Å². The molecule has 0 aliphatic rings. The molecule has 0 unspecified atom stereocenters. The molecule has 1 aromatic heterocycles. The van der Waals surface area contributed by atoms with Crippen LogP contribution in [-0.2, 0) is 6.54 Å². The summed E-state index contributed by atoms with van der Waals surface area (Å²) in [6, 6.07) is 5.66. The number of rotatable bonds is 6. The van der Waals surface area contributed by atoms with Crippen LogP contribution in [0.1, 0.15) is 16.8 Å². The fraction of sp³-hybridized carbons (Fsp3) is 0.231. The Balaban J connectivity index is 1.81. The lowest BCUT2D eigenvalue weighted by molar-refractivity contribution is -0.384. The molecule has 7 nitrogen and oxygen atoms in total. The summed E-state index contributed by atoms with van der Waals surface area (Å²) in [6.45, 7) is 1.15. The monoisotopic (exact) mass is 352 g/mol. The van der Waals surface area contributed by atoms with E-state index in [-0.39, 0.29) is 17.2 Å². The Labute approximate surface area is 129 Å². The molecule has 2 aromatic rings. The maximum atomic E-state index is 11.9. The lowest BCUT2D eigenvalue weighted by Crippen LogP contribution is -2.25. The zero-order valence-electron chi connectivity index (χ0n) is 11.0. The van der Waals surface area contributed by atoms with Crippen molar-refractivity contribution in [2.24, 2.45) is 0 Å². The number of carbonyl (C=O) groups is 1. The van der Waals surface area contributed by atoms with E-state index in [4.69, 9.17) is 0 Å². The van der Waals surface area contributed by atoms with Crippen molar-refractivity contribution < 1.29 is 9.72 Å². The van der Waals surface area contributed by atoms with Crippen LogP contribution < -0.4 is 5.32 Å². The molecule has 1 amide bonds.